The first-order valence-corrected chi connectivity index (χ1v) is 7.92. The van der Waals surface area contributed by atoms with Crippen LogP contribution in [0.5, 0.6) is 0 Å². The molecule has 8 heteroatoms. The van der Waals surface area contributed by atoms with Gasteiger partial charge >= 0.3 is 0 Å². The quantitative estimate of drug-likeness (QED) is 0.838. The van der Waals surface area contributed by atoms with Crippen LogP contribution in [0.4, 0.5) is 5.69 Å². The molecule has 0 spiro atoms. The van der Waals surface area contributed by atoms with Crippen molar-refractivity contribution >= 4 is 34.4 Å². The first-order chi connectivity index (χ1) is 11.5. The number of rotatable bonds is 5. The Labute approximate surface area is 138 Å². The average Bonchev–Trinajstić information content (AvgIpc) is 3.09. The normalized spacial score (nSPS) is 14.9. The van der Waals surface area contributed by atoms with E-state index in [0.29, 0.717) is 5.69 Å². The number of nitrogens with zero attached hydrogens (tertiary/aromatic N) is 4. The number of anilines is 1. The molecule has 1 aliphatic rings. The third kappa shape index (κ3) is 3.12. The summed E-state index contributed by atoms with van der Waals surface area (Å²) in [5.74, 6) is -0.686. The van der Waals surface area contributed by atoms with E-state index in [2.05, 4.69) is 15.4 Å². The van der Waals surface area contributed by atoms with Crippen LogP contribution >= 0.6 is 0 Å². The number of amides is 3. The van der Waals surface area contributed by atoms with E-state index < -0.39 is 0 Å². The van der Waals surface area contributed by atoms with Crippen molar-refractivity contribution in [3.63, 3.8) is 0 Å². The number of likely N-dealkylation sites (tertiary alicyclic amines) is 1. The van der Waals surface area contributed by atoms with Crippen molar-refractivity contribution in [3.8, 4) is 0 Å². The van der Waals surface area contributed by atoms with Gasteiger partial charge in [0.05, 0.1) is 18.1 Å². The van der Waals surface area contributed by atoms with Crippen LogP contribution in [0.2, 0.25) is 0 Å². The molecule has 126 valence electrons. The second-order valence-corrected chi connectivity index (χ2v) is 6.06. The maximum atomic E-state index is 12.0. The summed E-state index contributed by atoms with van der Waals surface area (Å²) in [4.78, 5) is 40.5. The molecule has 0 unspecified atom stereocenters. The maximum Gasteiger partial charge on any atom is 0.229 e. The molecule has 24 heavy (non-hydrogen) atoms. The minimum atomic E-state index is -0.264. The summed E-state index contributed by atoms with van der Waals surface area (Å²) >= 11 is 0. The molecule has 0 aromatic carbocycles. The van der Waals surface area contributed by atoms with Gasteiger partial charge < -0.3 is 5.32 Å². The fraction of sp³-hybridized carbons (Fsp3) is 0.438. The Balaban J connectivity index is 1.63. The monoisotopic (exact) mass is 329 g/mol. The van der Waals surface area contributed by atoms with Crippen LogP contribution in [-0.2, 0) is 14.4 Å². The Hall–Kier alpha value is -2.77. The third-order valence-corrected chi connectivity index (χ3v) is 3.92. The van der Waals surface area contributed by atoms with Crippen molar-refractivity contribution in [2.75, 3.05) is 11.9 Å². The Bertz CT molecular complexity index is 795. The summed E-state index contributed by atoms with van der Waals surface area (Å²) < 4.78 is 1.81. The van der Waals surface area contributed by atoms with E-state index in [1.807, 2.05) is 18.5 Å². The van der Waals surface area contributed by atoms with Gasteiger partial charge in [0.15, 0.2) is 5.65 Å². The number of hydrogen-bond donors (Lipinski definition) is 1. The summed E-state index contributed by atoms with van der Waals surface area (Å²) in [5, 5.41) is 7.86. The highest BCUT2D eigenvalue weighted by molar-refractivity contribution is 6.02. The van der Waals surface area contributed by atoms with Gasteiger partial charge in [-0.2, -0.15) is 5.10 Å². The smallest absolute Gasteiger partial charge is 0.229 e. The van der Waals surface area contributed by atoms with Gasteiger partial charge in [-0.05, 0) is 19.9 Å². The minimum absolute atomic E-state index is 0.0702. The minimum Gasteiger partial charge on any atom is -0.325 e. The van der Waals surface area contributed by atoms with Crippen molar-refractivity contribution in [1.29, 1.82) is 0 Å². The van der Waals surface area contributed by atoms with Crippen LogP contribution in [0, 0.1) is 0 Å². The Kier molecular flexibility index (Phi) is 4.28. The van der Waals surface area contributed by atoms with Crippen LogP contribution in [-0.4, -0.2) is 43.9 Å². The molecule has 3 heterocycles. The van der Waals surface area contributed by atoms with E-state index >= 15 is 0 Å². The Morgan fingerprint density at radius 2 is 1.96 bits per heavy atom. The summed E-state index contributed by atoms with van der Waals surface area (Å²) in [6, 6.07) is 2.00. The van der Waals surface area contributed by atoms with Crippen molar-refractivity contribution in [1.82, 2.24) is 19.7 Å². The summed E-state index contributed by atoms with van der Waals surface area (Å²) in [6.45, 7) is 4.15. The van der Waals surface area contributed by atoms with Crippen LogP contribution in [0.3, 0.4) is 0 Å². The summed E-state index contributed by atoms with van der Waals surface area (Å²) in [5.41, 5.74) is 1.33. The third-order valence-electron chi connectivity index (χ3n) is 3.92. The number of hydrogen-bond acceptors (Lipinski definition) is 5. The van der Waals surface area contributed by atoms with Crippen LogP contribution < -0.4 is 5.32 Å². The van der Waals surface area contributed by atoms with Gasteiger partial charge in [0.1, 0.15) is 0 Å². The van der Waals surface area contributed by atoms with Gasteiger partial charge in [-0.1, -0.05) is 0 Å². The van der Waals surface area contributed by atoms with E-state index in [4.69, 9.17) is 0 Å². The second kappa shape index (κ2) is 6.38. The first-order valence-electron chi connectivity index (χ1n) is 7.92. The number of carbonyl (C=O) groups is 3. The van der Waals surface area contributed by atoms with Crippen molar-refractivity contribution in [2.24, 2.45) is 0 Å². The molecule has 0 aliphatic carbocycles. The summed E-state index contributed by atoms with van der Waals surface area (Å²) in [6.07, 6.45) is 3.83. The lowest BCUT2D eigenvalue weighted by molar-refractivity contribution is -0.138. The molecule has 2 aromatic rings. The van der Waals surface area contributed by atoms with Crippen molar-refractivity contribution in [2.45, 2.75) is 39.2 Å². The highest BCUT2D eigenvalue weighted by atomic mass is 16.2. The Morgan fingerprint density at radius 1 is 1.25 bits per heavy atom. The first kappa shape index (κ1) is 16.1. The maximum absolute atomic E-state index is 12.0. The van der Waals surface area contributed by atoms with Gasteiger partial charge in [0.2, 0.25) is 17.7 Å². The molecule has 3 rings (SSSR count). The number of fused-ring (bicyclic) bond motifs is 1. The number of imide groups is 1. The van der Waals surface area contributed by atoms with Crippen LogP contribution in [0.15, 0.2) is 18.5 Å². The fourth-order valence-corrected chi connectivity index (χ4v) is 2.70. The fourth-order valence-electron chi connectivity index (χ4n) is 2.70. The lowest BCUT2D eigenvalue weighted by atomic mass is 10.3. The van der Waals surface area contributed by atoms with Gasteiger partial charge in [-0.25, -0.2) is 9.67 Å². The van der Waals surface area contributed by atoms with Crippen molar-refractivity contribution < 1.29 is 14.4 Å². The molecule has 1 N–H and O–H groups in total. The van der Waals surface area contributed by atoms with E-state index in [9.17, 15) is 14.4 Å². The zero-order valence-electron chi connectivity index (χ0n) is 13.7. The van der Waals surface area contributed by atoms with E-state index in [1.165, 1.54) is 0 Å². The number of nitrogens with one attached hydrogen (secondary N) is 1. The van der Waals surface area contributed by atoms with Gasteiger partial charge in [0.25, 0.3) is 0 Å². The van der Waals surface area contributed by atoms with E-state index in [1.54, 1.807) is 18.5 Å². The SMILES string of the molecule is CC(C)n1ncc2cc(NC(=O)CCN3C(=O)CCC3=O)cnc21. The predicted octanol–water partition coefficient (Wildman–Crippen LogP) is 1.49. The molecule has 0 saturated carbocycles. The topological polar surface area (TPSA) is 97.2 Å². The molecule has 0 atom stereocenters. The molecule has 3 amide bonds. The Morgan fingerprint density at radius 3 is 2.62 bits per heavy atom. The molecule has 0 bridgehead atoms. The number of aromatic nitrogens is 3. The lowest BCUT2D eigenvalue weighted by Crippen LogP contribution is -2.32. The van der Waals surface area contributed by atoms with Gasteiger partial charge in [-0.15, -0.1) is 0 Å². The van der Waals surface area contributed by atoms with E-state index in [0.717, 1.165) is 15.9 Å². The highest BCUT2D eigenvalue weighted by Gasteiger charge is 2.28. The zero-order chi connectivity index (χ0) is 17.3. The molecule has 0 radical (unpaired) electrons. The molecule has 1 saturated heterocycles. The largest absolute Gasteiger partial charge is 0.325 e. The standard InChI is InChI=1S/C16H19N5O3/c1-10(2)21-16-11(8-18-21)7-12(9-17-16)19-13(22)5-6-20-14(23)3-4-15(20)24/h7-10H,3-6H2,1-2H3,(H,19,22). The van der Waals surface area contributed by atoms with Crippen LogP contribution in [0.1, 0.15) is 39.2 Å². The van der Waals surface area contributed by atoms with Gasteiger partial charge in [0, 0.05) is 37.2 Å². The average molecular weight is 329 g/mol. The molecule has 1 aliphatic heterocycles. The molecule has 1 fully saturated rings. The lowest BCUT2D eigenvalue weighted by Gasteiger charge is -2.13. The second-order valence-electron chi connectivity index (χ2n) is 6.06. The van der Waals surface area contributed by atoms with Crippen LogP contribution in [0.25, 0.3) is 11.0 Å². The summed E-state index contributed by atoms with van der Waals surface area (Å²) in [7, 11) is 0. The van der Waals surface area contributed by atoms with Gasteiger partial charge in [-0.3, -0.25) is 19.3 Å². The molecular formula is C16H19N5O3. The van der Waals surface area contributed by atoms with E-state index in [-0.39, 0.29) is 49.6 Å². The molecular weight excluding hydrogens is 310 g/mol. The predicted molar refractivity (Wildman–Crippen MR) is 87.1 cm³/mol. The van der Waals surface area contributed by atoms with Crippen molar-refractivity contribution in [3.05, 3.63) is 18.5 Å². The highest BCUT2D eigenvalue weighted by Crippen LogP contribution is 2.19. The number of pyridine rings is 1. The molecule has 8 nitrogen and oxygen atoms in total. The number of carbonyl (C=O) groups excluding carboxylic acids is 3. The molecule has 2 aromatic heterocycles. The zero-order valence-corrected chi connectivity index (χ0v) is 13.7.